The maximum absolute atomic E-state index is 14.4. The molecule has 10 heteroatoms. The largest absolute Gasteiger partial charge is 0.496 e. The Labute approximate surface area is 211 Å². The van der Waals surface area contributed by atoms with Crippen molar-refractivity contribution in [1.82, 2.24) is 4.98 Å². The van der Waals surface area contributed by atoms with Gasteiger partial charge in [0.15, 0.2) is 5.13 Å². The van der Waals surface area contributed by atoms with Gasteiger partial charge in [0.05, 0.1) is 19.4 Å². The van der Waals surface area contributed by atoms with Crippen LogP contribution in [0, 0.1) is 11.6 Å². The summed E-state index contributed by atoms with van der Waals surface area (Å²) in [5.41, 5.74) is 1.09. The molecule has 0 fully saturated rings. The number of aliphatic carboxylic acids is 1. The zero-order valence-corrected chi connectivity index (χ0v) is 20.9. The second kappa shape index (κ2) is 12.4. The van der Waals surface area contributed by atoms with Crippen molar-refractivity contribution < 1.29 is 33.0 Å². The first-order chi connectivity index (χ1) is 17.2. The number of halogens is 2. The number of carbonyl (C=O) groups excluding carboxylic acids is 1. The van der Waals surface area contributed by atoms with E-state index in [1.54, 1.807) is 12.5 Å². The lowest BCUT2D eigenvalue weighted by atomic mass is 10.1. The number of nitrogens with one attached hydrogen (secondary N) is 1. The Morgan fingerprint density at radius 3 is 2.58 bits per heavy atom. The summed E-state index contributed by atoms with van der Waals surface area (Å²) in [7, 11) is 1.56. The van der Waals surface area contributed by atoms with Crippen LogP contribution in [0.1, 0.15) is 48.2 Å². The van der Waals surface area contributed by atoms with E-state index in [4.69, 9.17) is 14.6 Å². The number of anilines is 1. The Balaban J connectivity index is 1.79. The molecule has 36 heavy (non-hydrogen) atoms. The van der Waals surface area contributed by atoms with Crippen molar-refractivity contribution in [2.24, 2.45) is 0 Å². The highest BCUT2D eigenvalue weighted by atomic mass is 32.1. The van der Waals surface area contributed by atoms with E-state index >= 15 is 0 Å². The van der Waals surface area contributed by atoms with E-state index in [0.717, 1.165) is 48.0 Å². The molecule has 2 aromatic carbocycles. The number of benzene rings is 2. The van der Waals surface area contributed by atoms with Crippen LogP contribution in [0.2, 0.25) is 0 Å². The van der Waals surface area contributed by atoms with Gasteiger partial charge in [0.25, 0.3) is 5.91 Å². The first-order valence-electron chi connectivity index (χ1n) is 11.2. The third-order valence-corrected chi connectivity index (χ3v) is 6.00. The zero-order chi connectivity index (χ0) is 26.2. The number of amides is 1. The molecule has 0 atom stereocenters. The summed E-state index contributed by atoms with van der Waals surface area (Å²) in [4.78, 5) is 28.0. The lowest BCUT2D eigenvalue weighted by Crippen LogP contribution is -2.13. The van der Waals surface area contributed by atoms with Crippen molar-refractivity contribution in [3.8, 4) is 17.0 Å². The maximum Gasteiger partial charge on any atom is 0.331 e. The SMILES string of the molecule is CCCCOCc1cccc(-c2csc(NC(=O)c3cc(F)c(/C=C(\C)C(=O)O)c(F)c3)n2)c1OC. The van der Waals surface area contributed by atoms with Gasteiger partial charge in [-0.15, -0.1) is 11.3 Å². The molecule has 0 aliphatic carbocycles. The van der Waals surface area contributed by atoms with E-state index in [0.29, 0.717) is 30.2 Å². The van der Waals surface area contributed by atoms with E-state index in [9.17, 15) is 18.4 Å². The second-order valence-electron chi connectivity index (χ2n) is 7.88. The average Bonchev–Trinajstić information content (AvgIpc) is 3.31. The number of methoxy groups -OCH3 is 1. The molecule has 0 aliphatic rings. The van der Waals surface area contributed by atoms with Gasteiger partial charge in [-0.25, -0.2) is 18.6 Å². The van der Waals surface area contributed by atoms with Crippen LogP contribution in [0.4, 0.5) is 13.9 Å². The molecule has 1 amide bonds. The lowest BCUT2D eigenvalue weighted by Gasteiger charge is -2.12. The van der Waals surface area contributed by atoms with Crippen LogP contribution in [0.15, 0.2) is 41.3 Å². The molecule has 1 aromatic heterocycles. The van der Waals surface area contributed by atoms with Gasteiger partial charge in [-0.1, -0.05) is 25.5 Å². The summed E-state index contributed by atoms with van der Waals surface area (Å²) < 4.78 is 40.1. The zero-order valence-electron chi connectivity index (χ0n) is 20.1. The van der Waals surface area contributed by atoms with Gasteiger partial charge in [-0.05, 0) is 37.6 Å². The topological polar surface area (TPSA) is 97.8 Å². The Bertz CT molecular complexity index is 1270. The van der Waals surface area contributed by atoms with Gasteiger partial charge in [-0.3, -0.25) is 10.1 Å². The number of aromatic nitrogens is 1. The maximum atomic E-state index is 14.4. The molecular weight excluding hydrogens is 490 g/mol. The summed E-state index contributed by atoms with van der Waals surface area (Å²) in [5.74, 6) is -3.56. The van der Waals surface area contributed by atoms with Crippen LogP contribution < -0.4 is 10.1 Å². The molecule has 1 heterocycles. The molecule has 0 radical (unpaired) electrons. The number of unbranched alkanes of at least 4 members (excludes halogenated alkanes) is 1. The molecule has 2 N–H and O–H groups in total. The minimum atomic E-state index is -1.30. The Morgan fingerprint density at radius 1 is 1.22 bits per heavy atom. The Morgan fingerprint density at radius 2 is 1.94 bits per heavy atom. The molecule has 7 nitrogen and oxygen atoms in total. The molecule has 3 aromatic rings. The number of rotatable bonds is 11. The van der Waals surface area contributed by atoms with Crippen molar-refractivity contribution in [2.75, 3.05) is 19.0 Å². The predicted molar refractivity (Wildman–Crippen MR) is 134 cm³/mol. The highest BCUT2D eigenvalue weighted by Gasteiger charge is 2.18. The number of hydrogen-bond donors (Lipinski definition) is 2. The van der Waals surface area contributed by atoms with E-state index in [1.807, 2.05) is 18.2 Å². The molecular formula is C26H26F2N2O5S. The van der Waals surface area contributed by atoms with E-state index < -0.39 is 29.1 Å². The highest BCUT2D eigenvalue weighted by Crippen LogP contribution is 2.35. The summed E-state index contributed by atoms with van der Waals surface area (Å²) >= 11 is 1.15. The number of thiazole rings is 1. The predicted octanol–water partition coefficient (Wildman–Crippen LogP) is 6.15. The minimum Gasteiger partial charge on any atom is -0.496 e. The van der Waals surface area contributed by atoms with Crippen LogP contribution in [-0.4, -0.2) is 35.7 Å². The molecule has 0 bridgehead atoms. The molecule has 3 rings (SSSR count). The van der Waals surface area contributed by atoms with Crippen LogP contribution in [0.25, 0.3) is 17.3 Å². The van der Waals surface area contributed by atoms with Crippen molar-refractivity contribution in [3.05, 3.63) is 69.6 Å². The number of hydrogen-bond acceptors (Lipinski definition) is 6. The molecule has 0 unspecified atom stereocenters. The third kappa shape index (κ3) is 6.52. The van der Waals surface area contributed by atoms with E-state index in [2.05, 4.69) is 17.2 Å². The van der Waals surface area contributed by atoms with Gasteiger partial charge >= 0.3 is 5.97 Å². The first kappa shape index (κ1) is 27.0. The lowest BCUT2D eigenvalue weighted by molar-refractivity contribution is -0.132. The fraction of sp³-hybridized carbons (Fsp3) is 0.269. The molecule has 0 aliphatic heterocycles. The van der Waals surface area contributed by atoms with Crippen LogP contribution in [-0.2, 0) is 16.1 Å². The van der Waals surface area contributed by atoms with Crippen molar-refractivity contribution in [3.63, 3.8) is 0 Å². The molecule has 190 valence electrons. The number of carboxylic acid groups (broad SMARTS) is 1. The Hall–Kier alpha value is -3.63. The summed E-state index contributed by atoms with van der Waals surface area (Å²) in [5, 5.41) is 13.4. The van der Waals surface area contributed by atoms with Crippen LogP contribution in [0.3, 0.4) is 0 Å². The normalized spacial score (nSPS) is 11.4. The van der Waals surface area contributed by atoms with Gasteiger partial charge in [0, 0.05) is 39.8 Å². The monoisotopic (exact) mass is 516 g/mol. The fourth-order valence-corrected chi connectivity index (χ4v) is 4.03. The standard InChI is InChI=1S/C26H26F2N2O5S/c1-4-5-9-35-13-16-7-6-8-18(23(16)34-3)22-14-36-26(29-22)30-24(31)17-11-20(27)19(21(28)12-17)10-15(2)25(32)33/h6-8,10-12,14H,4-5,9,13H2,1-3H3,(H,32,33)(H,29,30,31)/b15-10+. The first-order valence-corrected chi connectivity index (χ1v) is 12.0. The van der Waals surface area contributed by atoms with Crippen LogP contribution in [0.5, 0.6) is 5.75 Å². The van der Waals surface area contributed by atoms with E-state index in [1.165, 1.54) is 6.92 Å². The summed E-state index contributed by atoms with van der Waals surface area (Å²) in [6, 6.07) is 7.30. The minimum absolute atomic E-state index is 0.230. The fourth-order valence-electron chi connectivity index (χ4n) is 3.33. The number of para-hydroxylation sites is 1. The van der Waals surface area contributed by atoms with Crippen molar-refractivity contribution in [2.45, 2.75) is 33.3 Å². The smallest absolute Gasteiger partial charge is 0.331 e. The van der Waals surface area contributed by atoms with Crippen LogP contribution >= 0.6 is 11.3 Å². The Kier molecular flexibility index (Phi) is 9.26. The van der Waals surface area contributed by atoms with Gasteiger partial charge in [-0.2, -0.15) is 0 Å². The second-order valence-corrected chi connectivity index (χ2v) is 8.74. The average molecular weight is 517 g/mol. The quantitative estimate of drug-likeness (QED) is 0.234. The number of carbonyl (C=O) groups is 2. The number of ether oxygens (including phenoxy) is 2. The highest BCUT2D eigenvalue weighted by molar-refractivity contribution is 7.14. The molecule has 0 spiro atoms. The van der Waals surface area contributed by atoms with Gasteiger partial charge in [0.1, 0.15) is 17.4 Å². The third-order valence-electron chi connectivity index (χ3n) is 5.24. The van der Waals surface area contributed by atoms with Crippen molar-refractivity contribution >= 4 is 34.4 Å². The summed E-state index contributed by atoms with van der Waals surface area (Å²) in [6.07, 6.45) is 2.87. The molecule has 0 saturated heterocycles. The van der Waals surface area contributed by atoms with Gasteiger partial charge in [0.2, 0.25) is 0 Å². The van der Waals surface area contributed by atoms with E-state index in [-0.39, 0.29) is 16.3 Å². The number of nitrogens with zero attached hydrogens (tertiary/aromatic N) is 1. The molecule has 0 saturated carbocycles. The summed E-state index contributed by atoms with van der Waals surface area (Å²) in [6.45, 7) is 4.34. The van der Waals surface area contributed by atoms with Crippen molar-refractivity contribution in [1.29, 1.82) is 0 Å². The number of carboxylic acids is 1. The van der Waals surface area contributed by atoms with Gasteiger partial charge < -0.3 is 14.6 Å².